The van der Waals surface area contributed by atoms with Crippen LogP contribution in [-0.2, 0) is 12.5 Å². The molecule has 1 aromatic carbocycles. The summed E-state index contributed by atoms with van der Waals surface area (Å²) in [4.78, 5) is 0. The first-order valence-electron chi connectivity index (χ1n) is 7.02. The van der Waals surface area contributed by atoms with E-state index in [0.717, 1.165) is 0 Å². The first-order chi connectivity index (χ1) is 9.62. The lowest BCUT2D eigenvalue weighted by molar-refractivity contribution is 0.492. The van der Waals surface area contributed by atoms with E-state index >= 15 is 0 Å². The standard InChI is InChI=1S/C18H20N2/c1-14-8-7-11-17(15-9-5-4-6-10-15)18(14,2)16-12-19-20(3)13-16/h4-13,17H,1-3H3. The molecule has 1 aromatic heterocycles. The first kappa shape index (κ1) is 12.9. The molecule has 1 aliphatic rings. The van der Waals surface area contributed by atoms with Crippen LogP contribution in [0.5, 0.6) is 0 Å². The van der Waals surface area contributed by atoms with Crippen molar-refractivity contribution in [3.63, 3.8) is 0 Å². The molecule has 0 saturated carbocycles. The highest BCUT2D eigenvalue weighted by atomic mass is 15.2. The summed E-state index contributed by atoms with van der Waals surface area (Å²) in [7, 11) is 1.97. The summed E-state index contributed by atoms with van der Waals surface area (Å²) < 4.78 is 1.88. The Balaban J connectivity index is 2.13. The van der Waals surface area contributed by atoms with Crippen LogP contribution in [0.3, 0.4) is 0 Å². The Morgan fingerprint density at radius 2 is 1.95 bits per heavy atom. The highest BCUT2D eigenvalue weighted by Gasteiger charge is 2.39. The predicted molar refractivity (Wildman–Crippen MR) is 82.6 cm³/mol. The van der Waals surface area contributed by atoms with E-state index < -0.39 is 0 Å². The van der Waals surface area contributed by atoms with Gasteiger partial charge in [-0.05, 0) is 12.5 Å². The number of nitrogens with zero attached hydrogens (tertiary/aromatic N) is 2. The first-order valence-corrected chi connectivity index (χ1v) is 7.02. The third-order valence-electron chi connectivity index (χ3n) is 4.55. The van der Waals surface area contributed by atoms with Gasteiger partial charge in [-0.3, -0.25) is 4.68 Å². The average molecular weight is 264 g/mol. The van der Waals surface area contributed by atoms with E-state index in [1.54, 1.807) is 0 Å². The fourth-order valence-corrected chi connectivity index (χ4v) is 3.12. The molecule has 2 unspecified atom stereocenters. The minimum Gasteiger partial charge on any atom is -0.276 e. The van der Waals surface area contributed by atoms with Crippen molar-refractivity contribution in [2.45, 2.75) is 25.2 Å². The summed E-state index contributed by atoms with van der Waals surface area (Å²) in [5, 5.41) is 4.36. The van der Waals surface area contributed by atoms with Crippen molar-refractivity contribution < 1.29 is 0 Å². The maximum atomic E-state index is 4.36. The summed E-state index contributed by atoms with van der Waals surface area (Å²) in [6.07, 6.45) is 10.8. The van der Waals surface area contributed by atoms with Crippen LogP contribution in [0.2, 0.25) is 0 Å². The lowest BCUT2D eigenvalue weighted by Crippen LogP contribution is -2.32. The number of benzene rings is 1. The van der Waals surface area contributed by atoms with Crippen molar-refractivity contribution in [1.82, 2.24) is 9.78 Å². The molecular formula is C18H20N2. The number of aromatic nitrogens is 2. The molecule has 0 saturated heterocycles. The summed E-state index contributed by atoms with van der Waals surface area (Å²) in [6.45, 7) is 4.53. The number of allylic oxidation sites excluding steroid dienone is 4. The van der Waals surface area contributed by atoms with E-state index in [4.69, 9.17) is 0 Å². The second kappa shape index (κ2) is 4.78. The third kappa shape index (κ3) is 1.92. The molecule has 2 nitrogen and oxygen atoms in total. The smallest absolute Gasteiger partial charge is 0.0530 e. The van der Waals surface area contributed by atoms with E-state index in [9.17, 15) is 0 Å². The van der Waals surface area contributed by atoms with E-state index in [1.807, 2.05) is 17.9 Å². The lowest BCUT2D eigenvalue weighted by atomic mass is 9.64. The number of hydrogen-bond donors (Lipinski definition) is 0. The van der Waals surface area contributed by atoms with Crippen LogP contribution in [0.15, 0.2) is 66.5 Å². The van der Waals surface area contributed by atoms with Crippen LogP contribution < -0.4 is 0 Å². The van der Waals surface area contributed by atoms with Gasteiger partial charge in [-0.2, -0.15) is 5.10 Å². The molecule has 2 atom stereocenters. The monoisotopic (exact) mass is 264 g/mol. The van der Waals surface area contributed by atoms with Crippen LogP contribution in [0, 0.1) is 0 Å². The largest absolute Gasteiger partial charge is 0.276 e. The highest BCUT2D eigenvalue weighted by molar-refractivity contribution is 5.46. The number of rotatable bonds is 2. The van der Waals surface area contributed by atoms with Gasteiger partial charge >= 0.3 is 0 Å². The lowest BCUT2D eigenvalue weighted by Gasteiger charge is -2.39. The van der Waals surface area contributed by atoms with Gasteiger partial charge in [0, 0.05) is 30.1 Å². The molecule has 0 amide bonds. The summed E-state index contributed by atoms with van der Waals surface area (Å²) in [6, 6.07) is 10.7. The van der Waals surface area contributed by atoms with Crippen LogP contribution in [0.25, 0.3) is 0 Å². The fraction of sp³-hybridized carbons (Fsp3) is 0.278. The molecule has 0 spiro atoms. The Morgan fingerprint density at radius 3 is 2.60 bits per heavy atom. The van der Waals surface area contributed by atoms with E-state index in [0.29, 0.717) is 5.92 Å². The third-order valence-corrected chi connectivity index (χ3v) is 4.55. The predicted octanol–water partition coefficient (Wildman–Crippen LogP) is 3.98. The highest BCUT2D eigenvalue weighted by Crippen LogP contribution is 2.46. The van der Waals surface area contributed by atoms with Crippen LogP contribution in [0.4, 0.5) is 0 Å². The van der Waals surface area contributed by atoms with Crippen LogP contribution in [0.1, 0.15) is 30.9 Å². The number of aryl methyl sites for hydroxylation is 1. The van der Waals surface area contributed by atoms with Crippen LogP contribution >= 0.6 is 0 Å². The second-order valence-corrected chi connectivity index (χ2v) is 5.73. The molecular weight excluding hydrogens is 244 g/mol. The van der Waals surface area contributed by atoms with Gasteiger partial charge in [-0.15, -0.1) is 0 Å². The molecule has 3 rings (SSSR count). The molecule has 20 heavy (non-hydrogen) atoms. The zero-order valence-corrected chi connectivity index (χ0v) is 12.2. The van der Waals surface area contributed by atoms with Crippen molar-refractivity contribution >= 4 is 0 Å². The maximum absolute atomic E-state index is 4.36. The minimum atomic E-state index is -0.0373. The average Bonchev–Trinajstić information content (AvgIpc) is 2.90. The van der Waals surface area contributed by atoms with E-state index in [-0.39, 0.29) is 5.41 Å². The van der Waals surface area contributed by atoms with E-state index in [2.05, 4.69) is 73.7 Å². The molecule has 2 heteroatoms. The topological polar surface area (TPSA) is 17.8 Å². The second-order valence-electron chi connectivity index (χ2n) is 5.73. The number of hydrogen-bond acceptors (Lipinski definition) is 1. The summed E-state index contributed by atoms with van der Waals surface area (Å²) in [5.74, 6) is 0.345. The Labute approximate surface area is 120 Å². The Kier molecular flexibility index (Phi) is 3.09. The molecule has 1 heterocycles. The van der Waals surface area contributed by atoms with Gasteiger partial charge in [-0.1, -0.05) is 61.1 Å². The molecule has 0 bridgehead atoms. The zero-order chi connectivity index (χ0) is 14.2. The quantitative estimate of drug-likeness (QED) is 0.802. The Bertz CT molecular complexity index is 664. The van der Waals surface area contributed by atoms with Gasteiger partial charge < -0.3 is 0 Å². The maximum Gasteiger partial charge on any atom is 0.0530 e. The molecule has 2 aromatic rings. The molecule has 102 valence electrons. The van der Waals surface area contributed by atoms with Crippen molar-refractivity contribution in [1.29, 1.82) is 0 Å². The van der Waals surface area contributed by atoms with E-state index in [1.165, 1.54) is 16.7 Å². The fourth-order valence-electron chi connectivity index (χ4n) is 3.12. The molecule has 0 fully saturated rings. The Hall–Kier alpha value is -2.09. The van der Waals surface area contributed by atoms with Gasteiger partial charge in [0.2, 0.25) is 0 Å². The van der Waals surface area contributed by atoms with Gasteiger partial charge in [0.15, 0.2) is 0 Å². The van der Waals surface area contributed by atoms with Gasteiger partial charge in [0.05, 0.1) is 6.20 Å². The summed E-state index contributed by atoms with van der Waals surface area (Å²) in [5.41, 5.74) is 3.96. The SMILES string of the molecule is CC1=CC=CC(c2ccccc2)C1(C)c1cnn(C)c1. The Morgan fingerprint density at radius 1 is 1.20 bits per heavy atom. The van der Waals surface area contributed by atoms with Gasteiger partial charge in [0.25, 0.3) is 0 Å². The molecule has 0 N–H and O–H groups in total. The zero-order valence-electron chi connectivity index (χ0n) is 12.2. The molecule has 0 radical (unpaired) electrons. The van der Waals surface area contributed by atoms with Crippen molar-refractivity contribution in [3.05, 3.63) is 77.7 Å². The van der Waals surface area contributed by atoms with Crippen LogP contribution in [-0.4, -0.2) is 9.78 Å². The van der Waals surface area contributed by atoms with Crippen molar-refractivity contribution in [2.24, 2.45) is 7.05 Å². The van der Waals surface area contributed by atoms with Gasteiger partial charge in [-0.25, -0.2) is 0 Å². The minimum absolute atomic E-state index is 0.0373. The molecule has 0 aliphatic heterocycles. The normalized spacial score (nSPS) is 25.6. The van der Waals surface area contributed by atoms with Crippen molar-refractivity contribution in [2.75, 3.05) is 0 Å². The van der Waals surface area contributed by atoms with Crippen molar-refractivity contribution in [3.8, 4) is 0 Å². The summed E-state index contributed by atoms with van der Waals surface area (Å²) >= 11 is 0. The van der Waals surface area contributed by atoms with Gasteiger partial charge in [0.1, 0.15) is 0 Å². The molecule has 1 aliphatic carbocycles.